The van der Waals surface area contributed by atoms with Crippen molar-refractivity contribution in [3.63, 3.8) is 0 Å². The number of pyridine rings is 1. The predicted octanol–water partition coefficient (Wildman–Crippen LogP) is 3.00. The second-order valence-corrected chi connectivity index (χ2v) is 4.68. The number of hydrogen-bond donors (Lipinski definition) is 1. The molecule has 98 valence electrons. The van der Waals surface area contributed by atoms with Crippen molar-refractivity contribution in [2.75, 3.05) is 5.73 Å². The van der Waals surface area contributed by atoms with Crippen molar-refractivity contribution < 1.29 is 9.31 Å². The number of thioether (sulfide) groups is 1. The maximum absolute atomic E-state index is 13.1. The van der Waals surface area contributed by atoms with Gasteiger partial charge in [0, 0.05) is 23.6 Å². The van der Waals surface area contributed by atoms with Gasteiger partial charge in [0.1, 0.15) is 10.8 Å². The Balaban J connectivity index is 2.22. The first-order chi connectivity index (χ1) is 9.08. The van der Waals surface area contributed by atoms with Crippen molar-refractivity contribution in [2.24, 2.45) is 0 Å². The fraction of sp³-hybridized carbons (Fsp3) is 0.0833. The van der Waals surface area contributed by atoms with Gasteiger partial charge in [-0.15, -0.1) is 0 Å². The van der Waals surface area contributed by atoms with Crippen molar-refractivity contribution >= 4 is 23.1 Å². The molecular formula is C12H10FN3O2S. The van der Waals surface area contributed by atoms with Crippen molar-refractivity contribution in [1.82, 2.24) is 4.98 Å². The molecule has 19 heavy (non-hydrogen) atoms. The number of rotatable bonds is 4. The number of benzene rings is 1. The molecule has 0 radical (unpaired) electrons. The van der Waals surface area contributed by atoms with E-state index in [1.165, 1.54) is 11.8 Å². The number of aromatic nitrogens is 1. The van der Waals surface area contributed by atoms with E-state index in [1.54, 1.807) is 18.3 Å². The third kappa shape index (κ3) is 3.19. The minimum Gasteiger partial charge on any atom is -0.397 e. The molecule has 2 rings (SSSR count). The summed E-state index contributed by atoms with van der Waals surface area (Å²) in [6.07, 6.45) is 1.58. The number of hydrogen-bond acceptors (Lipinski definition) is 5. The molecule has 0 saturated carbocycles. The third-order valence-corrected chi connectivity index (χ3v) is 3.47. The summed E-state index contributed by atoms with van der Waals surface area (Å²) in [5, 5.41) is 11.4. The molecule has 0 saturated heterocycles. The molecule has 0 atom stereocenters. The van der Waals surface area contributed by atoms with E-state index in [2.05, 4.69) is 4.98 Å². The van der Waals surface area contributed by atoms with Crippen molar-refractivity contribution in [3.05, 3.63) is 58.0 Å². The highest BCUT2D eigenvalue weighted by atomic mass is 32.2. The lowest BCUT2D eigenvalue weighted by molar-refractivity contribution is -0.385. The van der Waals surface area contributed by atoms with Gasteiger partial charge in [-0.05, 0) is 24.3 Å². The first kappa shape index (κ1) is 13.3. The molecule has 1 aromatic heterocycles. The van der Waals surface area contributed by atoms with Crippen molar-refractivity contribution in [1.29, 1.82) is 0 Å². The maximum Gasteiger partial charge on any atom is 0.273 e. The van der Waals surface area contributed by atoms with E-state index < -0.39 is 10.7 Å². The van der Waals surface area contributed by atoms with E-state index in [1.807, 2.05) is 0 Å². The summed E-state index contributed by atoms with van der Waals surface area (Å²) in [5.41, 5.74) is 6.41. The van der Waals surface area contributed by atoms with Gasteiger partial charge in [0.25, 0.3) is 5.69 Å². The molecule has 0 aliphatic heterocycles. The minimum atomic E-state index is -0.531. The van der Waals surface area contributed by atoms with Crippen LogP contribution in [0, 0.1) is 15.9 Å². The van der Waals surface area contributed by atoms with Gasteiger partial charge in [-0.1, -0.05) is 11.8 Å². The molecule has 0 aliphatic carbocycles. The SMILES string of the molecule is Nc1cccnc1SCc1cc(F)ccc1[N+](=O)[O-]. The van der Waals surface area contributed by atoms with Crippen molar-refractivity contribution in [2.45, 2.75) is 10.8 Å². The Kier molecular flexibility index (Phi) is 3.96. The molecule has 1 heterocycles. The van der Waals surface area contributed by atoms with Crippen LogP contribution in [0.2, 0.25) is 0 Å². The molecular weight excluding hydrogens is 269 g/mol. The summed E-state index contributed by atoms with van der Waals surface area (Å²) >= 11 is 1.23. The largest absolute Gasteiger partial charge is 0.397 e. The fourth-order valence-electron chi connectivity index (χ4n) is 1.52. The molecule has 0 unspecified atom stereocenters. The second kappa shape index (κ2) is 5.66. The molecule has 0 spiro atoms. The van der Waals surface area contributed by atoms with Crippen molar-refractivity contribution in [3.8, 4) is 0 Å². The Hall–Kier alpha value is -2.15. The summed E-state index contributed by atoms with van der Waals surface area (Å²) in [7, 11) is 0. The standard InChI is InChI=1S/C12H10FN3O2S/c13-9-3-4-11(16(17)18)8(6-9)7-19-12-10(14)2-1-5-15-12/h1-6H,7,14H2. The molecule has 1 aromatic carbocycles. The molecule has 2 aromatic rings. The first-order valence-corrected chi connectivity index (χ1v) is 6.32. The number of anilines is 1. The number of halogens is 1. The summed E-state index contributed by atoms with van der Waals surface area (Å²) in [4.78, 5) is 14.4. The molecule has 2 N–H and O–H groups in total. The lowest BCUT2D eigenvalue weighted by Crippen LogP contribution is -1.96. The number of nitrogen functional groups attached to an aromatic ring is 1. The topological polar surface area (TPSA) is 82.0 Å². The lowest BCUT2D eigenvalue weighted by atomic mass is 10.2. The van der Waals surface area contributed by atoms with Gasteiger partial charge in [0.15, 0.2) is 0 Å². The van der Waals surface area contributed by atoms with Gasteiger partial charge >= 0.3 is 0 Å². The number of nitro benzene ring substituents is 1. The summed E-state index contributed by atoms with van der Waals surface area (Å²) in [5.74, 6) is -0.273. The summed E-state index contributed by atoms with van der Waals surface area (Å²) in [6.45, 7) is 0. The highest BCUT2D eigenvalue weighted by Gasteiger charge is 2.15. The molecule has 0 aliphatic rings. The highest BCUT2D eigenvalue weighted by molar-refractivity contribution is 7.98. The zero-order valence-electron chi connectivity index (χ0n) is 9.75. The number of nitro groups is 1. The van der Waals surface area contributed by atoms with Gasteiger partial charge in [0.2, 0.25) is 0 Å². The minimum absolute atomic E-state index is 0.108. The van der Waals surface area contributed by atoms with Crippen LogP contribution in [0.4, 0.5) is 15.8 Å². The smallest absolute Gasteiger partial charge is 0.273 e. The van der Waals surface area contributed by atoms with Gasteiger partial charge in [0.05, 0.1) is 10.6 Å². The predicted molar refractivity (Wildman–Crippen MR) is 71.3 cm³/mol. The molecule has 0 bridgehead atoms. The van der Waals surface area contributed by atoms with E-state index in [0.717, 1.165) is 18.2 Å². The number of nitrogens with two attached hydrogens (primary N) is 1. The van der Waals surface area contributed by atoms with Crippen LogP contribution in [-0.2, 0) is 5.75 Å². The fourth-order valence-corrected chi connectivity index (χ4v) is 2.41. The van der Waals surface area contributed by atoms with Gasteiger partial charge in [-0.25, -0.2) is 9.37 Å². The zero-order valence-corrected chi connectivity index (χ0v) is 10.6. The second-order valence-electron chi connectivity index (χ2n) is 3.72. The molecule has 0 fully saturated rings. The Labute approximate surface area is 112 Å². The maximum atomic E-state index is 13.1. The quantitative estimate of drug-likeness (QED) is 0.528. The molecule has 5 nitrogen and oxygen atoms in total. The molecule has 7 heteroatoms. The normalized spacial score (nSPS) is 10.4. The highest BCUT2D eigenvalue weighted by Crippen LogP contribution is 2.29. The molecule has 0 amide bonds. The Morgan fingerprint density at radius 3 is 2.89 bits per heavy atom. The van der Waals surface area contributed by atoms with Crippen LogP contribution in [-0.4, -0.2) is 9.91 Å². The van der Waals surface area contributed by atoms with E-state index >= 15 is 0 Å². The summed E-state index contributed by atoms with van der Waals surface area (Å²) in [6, 6.07) is 6.78. The Morgan fingerprint density at radius 1 is 1.42 bits per heavy atom. The van der Waals surface area contributed by atoms with Gasteiger partial charge < -0.3 is 5.73 Å². The summed E-state index contributed by atoms with van der Waals surface area (Å²) < 4.78 is 13.1. The van der Waals surface area contributed by atoms with E-state index in [4.69, 9.17) is 5.73 Å². The van der Waals surface area contributed by atoms with Crippen LogP contribution in [0.3, 0.4) is 0 Å². The van der Waals surface area contributed by atoms with Crippen LogP contribution in [0.15, 0.2) is 41.6 Å². The van der Waals surface area contributed by atoms with E-state index in [0.29, 0.717) is 16.3 Å². The lowest BCUT2D eigenvalue weighted by Gasteiger charge is -2.05. The van der Waals surface area contributed by atoms with Gasteiger partial charge in [-0.3, -0.25) is 10.1 Å². The first-order valence-electron chi connectivity index (χ1n) is 5.34. The van der Waals surface area contributed by atoms with E-state index in [9.17, 15) is 14.5 Å². The van der Waals surface area contributed by atoms with Crippen LogP contribution < -0.4 is 5.73 Å². The van der Waals surface area contributed by atoms with Crippen LogP contribution in [0.25, 0.3) is 0 Å². The third-order valence-electron chi connectivity index (χ3n) is 2.40. The zero-order chi connectivity index (χ0) is 13.8. The van der Waals surface area contributed by atoms with Gasteiger partial charge in [-0.2, -0.15) is 0 Å². The Bertz CT molecular complexity index is 622. The van der Waals surface area contributed by atoms with Crippen LogP contribution >= 0.6 is 11.8 Å². The number of nitrogens with zero attached hydrogens (tertiary/aromatic N) is 2. The average Bonchev–Trinajstić information content (AvgIpc) is 2.37. The average molecular weight is 279 g/mol. The van der Waals surface area contributed by atoms with E-state index in [-0.39, 0.29) is 11.4 Å². The Morgan fingerprint density at radius 2 is 2.21 bits per heavy atom. The van der Waals surface area contributed by atoms with Crippen LogP contribution in [0.5, 0.6) is 0 Å². The monoisotopic (exact) mass is 279 g/mol. The van der Waals surface area contributed by atoms with Crippen LogP contribution in [0.1, 0.15) is 5.56 Å².